The average molecular weight is 482 g/mol. The van der Waals surface area contributed by atoms with Gasteiger partial charge in [0, 0.05) is 41.8 Å². The molecule has 1 aliphatic carbocycles. The zero-order valence-electron chi connectivity index (χ0n) is 18.9. The van der Waals surface area contributed by atoms with Gasteiger partial charge in [-0.1, -0.05) is 37.1 Å². The van der Waals surface area contributed by atoms with Gasteiger partial charge in [0.1, 0.15) is 5.82 Å². The molecule has 2 aliphatic rings. The van der Waals surface area contributed by atoms with Crippen molar-refractivity contribution in [2.75, 3.05) is 29.1 Å². The summed E-state index contributed by atoms with van der Waals surface area (Å²) in [6.07, 6.45) is 9.46. The number of carbonyl (C=O) groups excluding carboxylic acids is 1. The van der Waals surface area contributed by atoms with Crippen molar-refractivity contribution in [1.82, 2.24) is 14.8 Å². The first-order valence-corrected chi connectivity index (χ1v) is 13.9. The summed E-state index contributed by atoms with van der Waals surface area (Å²) >= 11 is 3.25. The first kappa shape index (κ1) is 22.5. The van der Waals surface area contributed by atoms with Gasteiger partial charge in [0.05, 0.1) is 5.75 Å². The van der Waals surface area contributed by atoms with Crippen LogP contribution in [0.2, 0.25) is 0 Å². The van der Waals surface area contributed by atoms with Gasteiger partial charge < -0.3 is 14.8 Å². The molecule has 2 fully saturated rings. The quantitative estimate of drug-likeness (QED) is 0.414. The summed E-state index contributed by atoms with van der Waals surface area (Å²) in [6.45, 7) is 2.25. The van der Waals surface area contributed by atoms with Gasteiger partial charge in [-0.2, -0.15) is 0 Å². The van der Waals surface area contributed by atoms with E-state index in [2.05, 4.69) is 54.6 Å². The molecule has 3 heterocycles. The van der Waals surface area contributed by atoms with E-state index in [9.17, 15) is 4.79 Å². The molecule has 0 atom stereocenters. The lowest BCUT2D eigenvalue weighted by Gasteiger charge is -2.25. The Kier molecular flexibility index (Phi) is 7.31. The highest BCUT2D eigenvalue weighted by atomic mass is 32.2. The standard InChI is InChI=1S/C25H31N5OS2/c31-24(26-19-10-12-20(13-11-19)29-14-4-5-15-29)18-33-25-28-27-23(17-22-9-6-16-32-22)30(25)21-7-2-1-3-8-21/h6,9-13,16,21H,1-5,7-8,14-15,17-18H2,(H,26,31). The number of aromatic nitrogens is 3. The molecule has 0 unspecified atom stereocenters. The van der Waals surface area contributed by atoms with Gasteiger partial charge in [0.15, 0.2) is 5.16 Å². The lowest BCUT2D eigenvalue weighted by molar-refractivity contribution is -0.113. The monoisotopic (exact) mass is 481 g/mol. The van der Waals surface area contributed by atoms with Crippen LogP contribution in [0.3, 0.4) is 0 Å². The molecule has 1 N–H and O–H groups in total. The number of rotatable bonds is 8. The molecule has 1 aliphatic heterocycles. The van der Waals surface area contributed by atoms with Crippen molar-refractivity contribution in [3.63, 3.8) is 0 Å². The van der Waals surface area contributed by atoms with Crippen molar-refractivity contribution in [3.05, 3.63) is 52.5 Å². The highest BCUT2D eigenvalue weighted by Gasteiger charge is 2.24. The van der Waals surface area contributed by atoms with Crippen molar-refractivity contribution in [2.24, 2.45) is 0 Å². The Morgan fingerprint density at radius 2 is 1.82 bits per heavy atom. The third-order valence-corrected chi connectivity index (χ3v) is 8.36. The molecule has 1 aromatic carbocycles. The third-order valence-electron chi connectivity index (χ3n) is 6.54. The number of anilines is 2. The molecule has 33 heavy (non-hydrogen) atoms. The number of nitrogens with one attached hydrogen (secondary N) is 1. The van der Waals surface area contributed by atoms with Gasteiger partial charge in [-0.25, -0.2) is 0 Å². The number of hydrogen-bond acceptors (Lipinski definition) is 6. The summed E-state index contributed by atoms with van der Waals surface area (Å²) in [5, 5.41) is 15.1. The van der Waals surface area contributed by atoms with Crippen LogP contribution in [0.15, 0.2) is 46.9 Å². The van der Waals surface area contributed by atoms with Crippen LogP contribution < -0.4 is 10.2 Å². The van der Waals surface area contributed by atoms with E-state index in [1.54, 1.807) is 11.3 Å². The predicted octanol–water partition coefficient (Wildman–Crippen LogP) is 5.77. The number of nitrogens with zero attached hydrogens (tertiary/aromatic N) is 4. The third kappa shape index (κ3) is 5.61. The number of thioether (sulfide) groups is 1. The molecule has 1 saturated carbocycles. The Morgan fingerprint density at radius 1 is 1.03 bits per heavy atom. The van der Waals surface area contributed by atoms with Crippen LogP contribution in [0.1, 0.15) is 61.7 Å². The zero-order chi connectivity index (χ0) is 22.5. The Labute approximate surface area is 203 Å². The summed E-state index contributed by atoms with van der Waals surface area (Å²) < 4.78 is 2.32. The molecule has 8 heteroatoms. The highest BCUT2D eigenvalue weighted by molar-refractivity contribution is 7.99. The summed E-state index contributed by atoms with van der Waals surface area (Å²) in [5.41, 5.74) is 2.08. The van der Waals surface area contributed by atoms with Crippen LogP contribution in [0, 0.1) is 0 Å². The smallest absolute Gasteiger partial charge is 0.234 e. The maximum atomic E-state index is 12.7. The first-order chi connectivity index (χ1) is 16.3. The normalized spacial score (nSPS) is 16.9. The van der Waals surface area contributed by atoms with Crippen molar-refractivity contribution in [1.29, 1.82) is 0 Å². The molecule has 1 amide bonds. The van der Waals surface area contributed by atoms with Crippen LogP contribution >= 0.6 is 23.1 Å². The molecule has 0 spiro atoms. The second-order valence-electron chi connectivity index (χ2n) is 8.89. The second-order valence-corrected chi connectivity index (χ2v) is 10.9. The summed E-state index contributed by atoms with van der Waals surface area (Å²) in [5.74, 6) is 1.34. The van der Waals surface area contributed by atoms with Crippen LogP contribution in [0.4, 0.5) is 11.4 Å². The van der Waals surface area contributed by atoms with Crippen LogP contribution in [0.5, 0.6) is 0 Å². The van der Waals surface area contributed by atoms with Gasteiger partial charge in [-0.15, -0.1) is 21.5 Å². The van der Waals surface area contributed by atoms with Gasteiger partial charge in [0.2, 0.25) is 5.91 Å². The Morgan fingerprint density at radius 3 is 2.55 bits per heavy atom. The average Bonchev–Trinajstić information content (AvgIpc) is 3.62. The Hall–Kier alpha value is -2.32. The Bertz CT molecular complexity index is 1040. The molecule has 2 aromatic heterocycles. The van der Waals surface area contributed by atoms with Crippen LogP contribution in [-0.4, -0.2) is 39.5 Å². The fraction of sp³-hybridized carbons (Fsp3) is 0.480. The fourth-order valence-corrected chi connectivity index (χ4v) is 6.39. The van der Waals surface area contributed by atoms with E-state index >= 15 is 0 Å². The van der Waals surface area contributed by atoms with E-state index in [0.29, 0.717) is 11.8 Å². The predicted molar refractivity (Wildman–Crippen MR) is 137 cm³/mol. The molecule has 0 bridgehead atoms. The molecule has 0 radical (unpaired) electrons. The Balaban J connectivity index is 1.23. The number of benzene rings is 1. The minimum Gasteiger partial charge on any atom is -0.372 e. The maximum Gasteiger partial charge on any atom is 0.234 e. The lowest BCUT2D eigenvalue weighted by Crippen LogP contribution is -2.19. The topological polar surface area (TPSA) is 63.1 Å². The molecule has 174 valence electrons. The molecule has 5 rings (SSSR count). The SMILES string of the molecule is O=C(CSc1nnc(Cc2cccs2)n1C1CCCCC1)Nc1ccc(N2CCCC2)cc1. The van der Waals surface area contributed by atoms with E-state index in [4.69, 9.17) is 0 Å². The van der Waals surface area contributed by atoms with Crippen LogP contribution in [0.25, 0.3) is 0 Å². The van der Waals surface area contributed by atoms with E-state index in [-0.39, 0.29) is 5.91 Å². The van der Waals surface area contributed by atoms with Crippen molar-refractivity contribution in [2.45, 2.75) is 62.6 Å². The first-order valence-electron chi connectivity index (χ1n) is 12.0. The zero-order valence-corrected chi connectivity index (χ0v) is 20.5. The number of hydrogen-bond donors (Lipinski definition) is 1. The molecular weight excluding hydrogens is 450 g/mol. The lowest BCUT2D eigenvalue weighted by atomic mass is 9.95. The molecular formula is C25H31N5OS2. The number of amides is 1. The largest absolute Gasteiger partial charge is 0.372 e. The van der Waals surface area contributed by atoms with Crippen molar-refractivity contribution >= 4 is 40.4 Å². The van der Waals surface area contributed by atoms with Crippen LogP contribution in [-0.2, 0) is 11.2 Å². The summed E-state index contributed by atoms with van der Waals surface area (Å²) in [7, 11) is 0. The van der Waals surface area contributed by atoms with Gasteiger partial charge in [-0.05, 0) is 61.4 Å². The number of thiophene rings is 1. The second kappa shape index (κ2) is 10.7. The van der Waals surface area contributed by atoms with E-state index in [1.165, 1.54) is 67.3 Å². The van der Waals surface area contributed by atoms with E-state index in [0.717, 1.165) is 36.2 Å². The highest BCUT2D eigenvalue weighted by Crippen LogP contribution is 2.33. The van der Waals surface area contributed by atoms with E-state index in [1.807, 2.05) is 12.1 Å². The minimum absolute atomic E-state index is 0.00748. The van der Waals surface area contributed by atoms with Gasteiger partial charge >= 0.3 is 0 Å². The molecule has 3 aromatic rings. The van der Waals surface area contributed by atoms with E-state index < -0.39 is 0 Å². The summed E-state index contributed by atoms with van der Waals surface area (Å²) in [6, 6.07) is 12.9. The minimum atomic E-state index is -0.00748. The fourth-order valence-electron chi connectivity index (χ4n) is 4.86. The van der Waals surface area contributed by atoms with Gasteiger partial charge in [-0.3, -0.25) is 4.79 Å². The van der Waals surface area contributed by atoms with Gasteiger partial charge in [0.25, 0.3) is 0 Å². The van der Waals surface area contributed by atoms with Crippen molar-refractivity contribution < 1.29 is 4.79 Å². The van der Waals surface area contributed by atoms with Crippen molar-refractivity contribution in [3.8, 4) is 0 Å². The maximum absolute atomic E-state index is 12.7. The molecule has 6 nitrogen and oxygen atoms in total. The molecule has 1 saturated heterocycles. The summed E-state index contributed by atoms with van der Waals surface area (Å²) in [4.78, 5) is 16.4. The number of carbonyl (C=O) groups is 1.